The molecule has 0 fully saturated rings. The monoisotopic (exact) mass is 526 g/mol. The molecule has 1 aromatic heterocycles. The summed E-state index contributed by atoms with van der Waals surface area (Å²) >= 11 is 6.20. The lowest BCUT2D eigenvalue weighted by Gasteiger charge is -2.12. The summed E-state index contributed by atoms with van der Waals surface area (Å²) in [6.07, 6.45) is 0. The number of hydrogen-bond donors (Lipinski definition) is 1. The Morgan fingerprint density at radius 1 is 1.00 bits per heavy atom. The Balaban J connectivity index is 1.65. The van der Waals surface area contributed by atoms with Crippen molar-refractivity contribution in [1.82, 2.24) is 4.31 Å². The molecule has 0 saturated carbocycles. The third kappa shape index (κ3) is 4.86. The van der Waals surface area contributed by atoms with E-state index < -0.39 is 15.8 Å². The number of hydrogen-bond acceptors (Lipinski definition) is 7. The zero-order valence-corrected chi connectivity index (χ0v) is 21.3. The SMILES string of the molecule is COc1ccc(C(=O)c2oc3ccccc3c2NCC(=O)c2cccc(S(=O)(=O)N(C)C)c2)cc1Cl. The second-order valence-corrected chi connectivity index (χ2v) is 10.6. The summed E-state index contributed by atoms with van der Waals surface area (Å²) in [5.74, 6) is -0.332. The lowest BCUT2D eigenvalue weighted by Crippen LogP contribution is -2.23. The number of rotatable bonds is 9. The van der Waals surface area contributed by atoms with E-state index in [4.69, 9.17) is 20.8 Å². The van der Waals surface area contributed by atoms with Crippen molar-refractivity contribution < 1.29 is 27.2 Å². The maximum Gasteiger partial charge on any atom is 0.242 e. The quantitative estimate of drug-likeness (QED) is 0.310. The van der Waals surface area contributed by atoms with E-state index in [1.165, 1.54) is 51.5 Å². The summed E-state index contributed by atoms with van der Waals surface area (Å²) in [6, 6.07) is 17.5. The number of ketones is 2. The average Bonchev–Trinajstić information content (AvgIpc) is 3.25. The minimum atomic E-state index is -3.70. The molecule has 0 radical (unpaired) electrons. The molecule has 0 aliphatic rings. The number of ether oxygens (including phenoxy) is 1. The van der Waals surface area contributed by atoms with Crippen LogP contribution in [-0.4, -0.2) is 52.0 Å². The van der Waals surface area contributed by atoms with E-state index in [9.17, 15) is 18.0 Å². The van der Waals surface area contributed by atoms with E-state index in [-0.39, 0.29) is 39.1 Å². The Hall–Kier alpha value is -3.66. The Kier molecular flexibility index (Phi) is 7.16. The average molecular weight is 527 g/mol. The molecule has 0 spiro atoms. The highest BCUT2D eigenvalue weighted by Crippen LogP contribution is 2.34. The number of furan rings is 1. The van der Waals surface area contributed by atoms with Crippen LogP contribution in [0.25, 0.3) is 11.0 Å². The number of nitrogens with zero attached hydrogens (tertiary/aromatic N) is 1. The summed E-state index contributed by atoms with van der Waals surface area (Å²) in [7, 11) is 0.624. The number of benzene rings is 3. The number of nitrogens with one attached hydrogen (secondary N) is 1. The van der Waals surface area contributed by atoms with Crippen LogP contribution in [0, 0.1) is 0 Å². The van der Waals surface area contributed by atoms with Crippen molar-refractivity contribution in [3.05, 3.63) is 88.6 Å². The molecule has 186 valence electrons. The molecule has 1 heterocycles. The lowest BCUT2D eigenvalue weighted by atomic mass is 10.1. The van der Waals surface area contributed by atoms with Gasteiger partial charge in [0.25, 0.3) is 0 Å². The summed E-state index contributed by atoms with van der Waals surface area (Å²) in [5, 5.41) is 3.92. The van der Waals surface area contributed by atoms with Crippen LogP contribution < -0.4 is 10.1 Å². The van der Waals surface area contributed by atoms with Gasteiger partial charge < -0.3 is 14.5 Å². The largest absolute Gasteiger partial charge is 0.495 e. The predicted octanol–water partition coefficient (Wildman–Crippen LogP) is 4.87. The van der Waals surface area contributed by atoms with Crippen LogP contribution in [0.5, 0.6) is 5.75 Å². The molecule has 3 aromatic carbocycles. The van der Waals surface area contributed by atoms with Gasteiger partial charge in [0.15, 0.2) is 11.5 Å². The van der Waals surface area contributed by atoms with Gasteiger partial charge in [-0.05, 0) is 42.5 Å². The number of anilines is 1. The van der Waals surface area contributed by atoms with Crippen molar-refractivity contribution in [3.8, 4) is 5.75 Å². The minimum Gasteiger partial charge on any atom is -0.495 e. The maximum absolute atomic E-state index is 13.3. The van der Waals surface area contributed by atoms with Crippen molar-refractivity contribution >= 4 is 49.8 Å². The number of Topliss-reactive ketones (excluding diaryl/α,β-unsaturated/α-hetero) is 1. The number of fused-ring (bicyclic) bond motifs is 1. The third-order valence-corrected chi connectivity index (χ3v) is 7.68. The summed E-state index contributed by atoms with van der Waals surface area (Å²) < 4.78 is 37.0. The molecule has 1 N–H and O–H groups in total. The normalized spacial score (nSPS) is 11.6. The number of sulfonamides is 1. The number of para-hydroxylation sites is 1. The van der Waals surface area contributed by atoms with E-state index in [0.29, 0.717) is 22.4 Å². The molecule has 0 bridgehead atoms. The van der Waals surface area contributed by atoms with Crippen molar-refractivity contribution in [2.24, 2.45) is 0 Å². The first kappa shape index (κ1) is 25.4. The fourth-order valence-corrected chi connectivity index (χ4v) is 4.84. The first-order valence-corrected chi connectivity index (χ1v) is 12.6. The summed E-state index contributed by atoms with van der Waals surface area (Å²) in [4.78, 5) is 26.3. The molecule has 8 nitrogen and oxygen atoms in total. The number of carbonyl (C=O) groups excluding carboxylic acids is 2. The van der Waals surface area contributed by atoms with Crippen LogP contribution in [0.15, 0.2) is 76.0 Å². The summed E-state index contributed by atoms with van der Waals surface area (Å²) in [6.45, 7) is -0.196. The van der Waals surface area contributed by atoms with Crippen LogP contribution in [0.2, 0.25) is 5.02 Å². The molecule has 4 rings (SSSR count). The molecule has 0 atom stereocenters. The van der Waals surface area contributed by atoms with Crippen LogP contribution in [0.3, 0.4) is 0 Å². The molecule has 0 aliphatic carbocycles. The molecule has 0 saturated heterocycles. The molecule has 0 unspecified atom stereocenters. The smallest absolute Gasteiger partial charge is 0.242 e. The molecule has 36 heavy (non-hydrogen) atoms. The molecule has 4 aromatic rings. The van der Waals surface area contributed by atoms with Gasteiger partial charge in [0.2, 0.25) is 15.8 Å². The van der Waals surface area contributed by atoms with E-state index >= 15 is 0 Å². The van der Waals surface area contributed by atoms with Gasteiger partial charge in [0.1, 0.15) is 11.3 Å². The van der Waals surface area contributed by atoms with Gasteiger partial charge in [-0.2, -0.15) is 0 Å². The van der Waals surface area contributed by atoms with Gasteiger partial charge in [-0.3, -0.25) is 9.59 Å². The van der Waals surface area contributed by atoms with Gasteiger partial charge in [0, 0.05) is 30.6 Å². The zero-order valence-electron chi connectivity index (χ0n) is 19.7. The highest BCUT2D eigenvalue weighted by molar-refractivity contribution is 7.89. The van der Waals surface area contributed by atoms with Crippen molar-refractivity contribution in [1.29, 1.82) is 0 Å². The minimum absolute atomic E-state index is 0.0133. The van der Waals surface area contributed by atoms with Gasteiger partial charge in [-0.25, -0.2) is 12.7 Å². The van der Waals surface area contributed by atoms with Gasteiger partial charge in [0.05, 0.1) is 29.3 Å². The van der Waals surface area contributed by atoms with Gasteiger partial charge >= 0.3 is 0 Å². The van der Waals surface area contributed by atoms with Crippen molar-refractivity contribution in [2.45, 2.75) is 4.90 Å². The first-order valence-electron chi connectivity index (χ1n) is 10.8. The second kappa shape index (κ2) is 10.1. The lowest BCUT2D eigenvalue weighted by molar-refractivity contribution is 0.0997. The molecule has 10 heteroatoms. The third-order valence-electron chi connectivity index (χ3n) is 5.58. The maximum atomic E-state index is 13.3. The van der Waals surface area contributed by atoms with Gasteiger partial charge in [-0.15, -0.1) is 0 Å². The summed E-state index contributed by atoms with van der Waals surface area (Å²) in [5.41, 5.74) is 1.33. The van der Waals surface area contributed by atoms with E-state index in [0.717, 1.165) is 4.31 Å². The van der Waals surface area contributed by atoms with Crippen LogP contribution in [-0.2, 0) is 10.0 Å². The van der Waals surface area contributed by atoms with Gasteiger partial charge in [-0.1, -0.05) is 35.9 Å². The number of halogens is 1. The van der Waals surface area contributed by atoms with Crippen LogP contribution >= 0.6 is 11.6 Å². The predicted molar refractivity (Wildman–Crippen MR) is 138 cm³/mol. The molecule has 0 amide bonds. The molecular weight excluding hydrogens is 504 g/mol. The Morgan fingerprint density at radius 2 is 1.75 bits per heavy atom. The van der Waals surface area contributed by atoms with E-state index in [2.05, 4.69) is 5.32 Å². The Morgan fingerprint density at radius 3 is 2.44 bits per heavy atom. The van der Waals surface area contributed by atoms with Crippen LogP contribution in [0.1, 0.15) is 26.5 Å². The van der Waals surface area contributed by atoms with E-state index in [1.54, 1.807) is 36.4 Å². The van der Waals surface area contributed by atoms with E-state index in [1.807, 2.05) is 0 Å². The number of carbonyl (C=O) groups is 2. The highest BCUT2D eigenvalue weighted by atomic mass is 35.5. The fraction of sp³-hybridized carbons (Fsp3) is 0.154. The second-order valence-electron chi connectivity index (χ2n) is 8.07. The highest BCUT2D eigenvalue weighted by Gasteiger charge is 2.24. The van der Waals surface area contributed by atoms with Crippen molar-refractivity contribution in [2.75, 3.05) is 33.1 Å². The zero-order chi connectivity index (χ0) is 26.0. The fourth-order valence-electron chi connectivity index (χ4n) is 3.63. The standard InChI is InChI=1S/C26H23ClN2O6S/c1-29(2)36(32,33)18-8-6-7-16(13-18)21(30)15-28-24-19-9-4-5-10-22(19)35-26(24)25(31)17-11-12-23(34-3)20(27)14-17/h4-14,28H,15H2,1-3H3. The number of methoxy groups -OCH3 is 1. The first-order chi connectivity index (χ1) is 17.1. The van der Waals surface area contributed by atoms with Crippen LogP contribution in [0.4, 0.5) is 5.69 Å². The Bertz CT molecular complexity index is 1580. The molecule has 0 aliphatic heterocycles. The molecular formula is C26H23ClN2O6S. The topological polar surface area (TPSA) is 106 Å². The Labute approximate surface area is 213 Å². The van der Waals surface area contributed by atoms with Crippen molar-refractivity contribution in [3.63, 3.8) is 0 Å².